The van der Waals surface area contributed by atoms with Gasteiger partial charge in [-0.2, -0.15) is 4.31 Å². The van der Waals surface area contributed by atoms with Gasteiger partial charge in [0, 0.05) is 36.9 Å². The maximum Gasteiger partial charge on any atom is 0.246 e. The highest BCUT2D eigenvalue weighted by atomic mass is 79.9. The van der Waals surface area contributed by atoms with Crippen LogP contribution < -0.4 is 5.32 Å². The molecule has 0 radical (unpaired) electrons. The summed E-state index contributed by atoms with van der Waals surface area (Å²) in [5, 5.41) is 3.00. The molecule has 0 atom stereocenters. The van der Waals surface area contributed by atoms with Gasteiger partial charge in [-0.05, 0) is 35.3 Å². The Balaban J connectivity index is 2.39. The zero-order valence-electron chi connectivity index (χ0n) is 11.3. The number of hydrogen-bond acceptors (Lipinski definition) is 5. The van der Waals surface area contributed by atoms with Gasteiger partial charge in [-0.25, -0.2) is 13.4 Å². The lowest BCUT2D eigenvalue weighted by Crippen LogP contribution is -2.33. The van der Waals surface area contributed by atoms with Crippen LogP contribution in [0.3, 0.4) is 0 Å². The van der Waals surface area contributed by atoms with Crippen LogP contribution in [0.1, 0.15) is 13.3 Å². The average Bonchev–Trinajstić information content (AvgIpc) is 2.70. The van der Waals surface area contributed by atoms with Crippen molar-refractivity contribution in [1.82, 2.24) is 9.29 Å². The molecule has 6 nitrogen and oxygen atoms in total. The second-order valence-corrected chi connectivity index (χ2v) is 7.22. The van der Waals surface area contributed by atoms with E-state index in [9.17, 15) is 8.42 Å². The number of anilines is 1. The first kappa shape index (κ1) is 15.7. The first-order valence-electron chi connectivity index (χ1n) is 6.53. The fourth-order valence-corrected chi connectivity index (χ4v) is 4.11. The summed E-state index contributed by atoms with van der Waals surface area (Å²) in [6.45, 7) is 4.39. The SMILES string of the molecule is CCNc1ncc(Br)cc1S(=O)(=O)N1CCCOCC1. The van der Waals surface area contributed by atoms with E-state index in [0.717, 1.165) is 0 Å². The maximum absolute atomic E-state index is 12.8. The number of hydrogen-bond donors (Lipinski definition) is 1. The van der Waals surface area contributed by atoms with Crippen molar-refractivity contribution in [3.8, 4) is 0 Å². The lowest BCUT2D eigenvalue weighted by Gasteiger charge is -2.21. The zero-order valence-corrected chi connectivity index (χ0v) is 13.7. The van der Waals surface area contributed by atoms with Crippen LogP contribution in [-0.4, -0.2) is 50.6 Å². The summed E-state index contributed by atoms with van der Waals surface area (Å²) in [5.74, 6) is 0.390. The van der Waals surface area contributed by atoms with Crippen molar-refractivity contribution in [2.45, 2.75) is 18.2 Å². The third kappa shape index (κ3) is 3.49. The Labute approximate surface area is 127 Å². The van der Waals surface area contributed by atoms with Crippen molar-refractivity contribution in [2.75, 3.05) is 38.2 Å². The molecule has 1 aromatic rings. The minimum atomic E-state index is -3.56. The molecule has 1 fully saturated rings. The Morgan fingerprint density at radius 1 is 1.45 bits per heavy atom. The molecule has 0 amide bonds. The van der Waals surface area contributed by atoms with E-state index in [2.05, 4.69) is 26.2 Å². The van der Waals surface area contributed by atoms with Crippen LogP contribution in [0.15, 0.2) is 21.6 Å². The number of sulfonamides is 1. The molecular formula is C12H18BrN3O3S. The van der Waals surface area contributed by atoms with Gasteiger partial charge in [0.15, 0.2) is 0 Å². The summed E-state index contributed by atoms with van der Waals surface area (Å²) in [6.07, 6.45) is 2.29. The molecule has 1 aliphatic heterocycles. The van der Waals surface area contributed by atoms with Crippen LogP contribution in [0.4, 0.5) is 5.82 Å². The fourth-order valence-electron chi connectivity index (χ4n) is 2.02. The fraction of sp³-hybridized carbons (Fsp3) is 0.583. The van der Waals surface area contributed by atoms with Crippen molar-refractivity contribution in [3.63, 3.8) is 0 Å². The summed E-state index contributed by atoms with van der Waals surface area (Å²) in [4.78, 5) is 4.36. The molecular weight excluding hydrogens is 346 g/mol. The first-order valence-corrected chi connectivity index (χ1v) is 8.76. The molecule has 1 saturated heterocycles. The molecule has 2 heterocycles. The molecule has 20 heavy (non-hydrogen) atoms. The maximum atomic E-state index is 12.8. The largest absolute Gasteiger partial charge is 0.380 e. The van der Waals surface area contributed by atoms with E-state index in [1.54, 1.807) is 12.3 Å². The van der Waals surface area contributed by atoms with Crippen LogP contribution in [0.2, 0.25) is 0 Å². The van der Waals surface area contributed by atoms with E-state index in [4.69, 9.17) is 4.74 Å². The van der Waals surface area contributed by atoms with Crippen LogP contribution in [0.25, 0.3) is 0 Å². The lowest BCUT2D eigenvalue weighted by atomic mass is 10.4. The summed E-state index contributed by atoms with van der Waals surface area (Å²) < 4.78 is 32.9. The summed E-state index contributed by atoms with van der Waals surface area (Å²) in [6, 6.07) is 1.59. The predicted octanol–water partition coefficient (Wildman–Crippen LogP) is 1.69. The van der Waals surface area contributed by atoms with E-state index < -0.39 is 10.0 Å². The quantitative estimate of drug-likeness (QED) is 0.880. The summed E-state index contributed by atoms with van der Waals surface area (Å²) in [5.41, 5.74) is 0. The third-order valence-corrected chi connectivity index (χ3v) is 5.31. The second kappa shape index (κ2) is 6.84. The third-order valence-electron chi connectivity index (χ3n) is 2.96. The van der Waals surface area contributed by atoms with Crippen LogP contribution in [-0.2, 0) is 14.8 Å². The van der Waals surface area contributed by atoms with E-state index in [0.29, 0.717) is 49.6 Å². The van der Waals surface area contributed by atoms with Crippen molar-refractivity contribution in [1.29, 1.82) is 0 Å². The van der Waals surface area contributed by atoms with Crippen LogP contribution in [0.5, 0.6) is 0 Å². The Kier molecular flexibility index (Phi) is 5.36. The minimum Gasteiger partial charge on any atom is -0.380 e. The molecule has 2 rings (SSSR count). The molecule has 0 saturated carbocycles. The second-order valence-electron chi connectivity index (χ2n) is 4.40. The van der Waals surface area contributed by atoms with Gasteiger partial charge >= 0.3 is 0 Å². The molecule has 112 valence electrons. The molecule has 8 heteroatoms. The van der Waals surface area contributed by atoms with E-state index in [-0.39, 0.29) is 4.90 Å². The Morgan fingerprint density at radius 3 is 3.00 bits per heavy atom. The molecule has 0 bridgehead atoms. The number of ether oxygens (including phenoxy) is 1. The number of nitrogens with zero attached hydrogens (tertiary/aromatic N) is 2. The van der Waals surface area contributed by atoms with Gasteiger partial charge in [-0.15, -0.1) is 0 Å². The van der Waals surface area contributed by atoms with Crippen molar-refractivity contribution < 1.29 is 13.2 Å². The van der Waals surface area contributed by atoms with Gasteiger partial charge in [0.05, 0.1) is 6.61 Å². The molecule has 0 aliphatic carbocycles. The van der Waals surface area contributed by atoms with Crippen LogP contribution >= 0.6 is 15.9 Å². The summed E-state index contributed by atoms with van der Waals surface area (Å²) >= 11 is 3.28. The van der Waals surface area contributed by atoms with E-state index >= 15 is 0 Å². The molecule has 0 spiro atoms. The standard InChI is InChI=1S/C12H18BrN3O3S/c1-2-14-12-11(8-10(13)9-15-12)20(17,18)16-4-3-6-19-7-5-16/h8-9H,2-7H2,1H3,(H,14,15). The molecule has 0 unspecified atom stereocenters. The van der Waals surface area contributed by atoms with Gasteiger partial charge < -0.3 is 10.1 Å². The number of nitrogens with one attached hydrogen (secondary N) is 1. The van der Waals surface area contributed by atoms with Gasteiger partial charge in [-0.1, -0.05) is 0 Å². The highest BCUT2D eigenvalue weighted by molar-refractivity contribution is 9.10. The van der Waals surface area contributed by atoms with Crippen LogP contribution in [0, 0.1) is 0 Å². The number of rotatable bonds is 4. The Bertz CT molecular complexity index is 557. The smallest absolute Gasteiger partial charge is 0.246 e. The summed E-state index contributed by atoms with van der Waals surface area (Å²) in [7, 11) is -3.56. The number of pyridine rings is 1. The van der Waals surface area contributed by atoms with Gasteiger partial charge in [0.2, 0.25) is 10.0 Å². The normalized spacial score (nSPS) is 17.7. The topological polar surface area (TPSA) is 71.5 Å². The van der Waals surface area contributed by atoms with E-state index in [1.165, 1.54) is 4.31 Å². The molecule has 1 N–H and O–H groups in total. The predicted molar refractivity (Wildman–Crippen MR) is 80.3 cm³/mol. The molecule has 0 aromatic carbocycles. The zero-order chi connectivity index (χ0) is 14.6. The van der Waals surface area contributed by atoms with Gasteiger partial charge in [-0.3, -0.25) is 0 Å². The monoisotopic (exact) mass is 363 g/mol. The van der Waals surface area contributed by atoms with Crippen molar-refractivity contribution in [3.05, 3.63) is 16.7 Å². The number of halogens is 1. The lowest BCUT2D eigenvalue weighted by molar-refractivity contribution is 0.148. The Morgan fingerprint density at radius 2 is 2.25 bits per heavy atom. The van der Waals surface area contributed by atoms with Crippen molar-refractivity contribution in [2.24, 2.45) is 0 Å². The first-order chi connectivity index (χ1) is 9.55. The van der Waals surface area contributed by atoms with E-state index in [1.807, 2.05) is 6.92 Å². The molecule has 1 aromatic heterocycles. The highest BCUT2D eigenvalue weighted by Gasteiger charge is 2.28. The Hall–Kier alpha value is -0.700. The number of aromatic nitrogens is 1. The minimum absolute atomic E-state index is 0.204. The highest BCUT2D eigenvalue weighted by Crippen LogP contribution is 2.26. The van der Waals surface area contributed by atoms with Crippen molar-refractivity contribution >= 4 is 31.8 Å². The average molecular weight is 364 g/mol. The van der Waals surface area contributed by atoms with Gasteiger partial charge in [0.25, 0.3) is 0 Å². The van der Waals surface area contributed by atoms with Gasteiger partial charge in [0.1, 0.15) is 10.7 Å². The molecule has 1 aliphatic rings.